The highest BCUT2D eigenvalue weighted by molar-refractivity contribution is 7.89. The summed E-state index contributed by atoms with van der Waals surface area (Å²) in [7, 11) is -2.45. The Hall–Kier alpha value is -2.71. The zero-order valence-electron chi connectivity index (χ0n) is 21.2. The number of hydrogen-bond donors (Lipinski definition) is 1. The van der Waals surface area contributed by atoms with Crippen molar-refractivity contribution in [2.75, 3.05) is 13.6 Å². The van der Waals surface area contributed by atoms with Crippen molar-refractivity contribution in [3.63, 3.8) is 0 Å². The molecule has 190 valence electrons. The molecular weight excluding hydrogens is 462 g/mol. The molecular formula is C27H37N3O4S. The van der Waals surface area contributed by atoms with Gasteiger partial charge in [0.2, 0.25) is 21.8 Å². The van der Waals surface area contributed by atoms with Crippen LogP contribution in [0.2, 0.25) is 0 Å². The second-order valence-electron chi connectivity index (χ2n) is 9.60. The Morgan fingerprint density at radius 2 is 1.66 bits per heavy atom. The molecule has 3 rings (SSSR count). The van der Waals surface area contributed by atoms with Crippen LogP contribution in [-0.4, -0.2) is 55.1 Å². The number of hydrogen-bond acceptors (Lipinski definition) is 4. The molecule has 0 heterocycles. The number of carbonyl (C=O) groups is 2. The predicted molar refractivity (Wildman–Crippen MR) is 137 cm³/mol. The largest absolute Gasteiger partial charge is 0.352 e. The summed E-state index contributed by atoms with van der Waals surface area (Å²) in [5.74, 6) is -0.627. The minimum absolute atomic E-state index is 0.124. The number of likely N-dealkylation sites (N-methyl/N-ethyl adjacent to an activating group) is 1. The molecule has 1 N–H and O–H groups in total. The van der Waals surface area contributed by atoms with Gasteiger partial charge in [0.15, 0.2) is 0 Å². The van der Waals surface area contributed by atoms with E-state index in [4.69, 9.17) is 0 Å². The first kappa shape index (κ1) is 26.9. The van der Waals surface area contributed by atoms with Crippen LogP contribution < -0.4 is 5.32 Å². The maximum absolute atomic E-state index is 13.5. The molecule has 35 heavy (non-hydrogen) atoms. The molecule has 7 nitrogen and oxygen atoms in total. The predicted octanol–water partition coefficient (Wildman–Crippen LogP) is 3.79. The maximum atomic E-state index is 13.5. The average molecular weight is 500 g/mol. The van der Waals surface area contributed by atoms with E-state index in [2.05, 4.69) is 5.32 Å². The van der Waals surface area contributed by atoms with Gasteiger partial charge in [-0.05, 0) is 51.3 Å². The second kappa shape index (κ2) is 11.8. The van der Waals surface area contributed by atoms with Crippen LogP contribution in [0.5, 0.6) is 0 Å². The van der Waals surface area contributed by atoms with E-state index in [-0.39, 0.29) is 29.9 Å². The van der Waals surface area contributed by atoms with E-state index in [0.717, 1.165) is 46.7 Å². The van der Waals surface area contributed by atoms with Crippen molar-refractivity contribution >= 4 is 21.8 Å². The van der Waals surface area contributed by atoms with Crippen LogP contribution in [0.15, 0.2) is 53.4 Å². The van der Waals surface area contributed by atoms with Gasteiger partial charge in [-0.2, -0.15) is 4.31 Å². The van der Waals surface area contributed by atoms with Crippen LogP contribution in [0.25, 0.3) is 0 Å². The number of benzene rings is 2. The first-order chi connectivity index (χ1) is 16.6. The summed E-state index contributed by atoms with van der Waals surface area (Å²) < 4.78 is 27.1. The van der Waals surface area contributed by atoms with Gasteiger partial charge >= 0.3 is 0 Å². The van der Waals surface area contributed by atoms with Gasteiger partial charge in [-0.25, -0.2) is 8.42 Å². The van der Waals surface area contributed by atoms with Gasteiger partial charge < -0.3 is 10.2 Å². The van der Waals surface area contributed by atoms with E-state index < -0.39 is 22.0 Å². The van der Waals surface area contributed by atoms with E-state index in [9.17, 15) is 18.0 Å². The van der Waals surface area contributed by atoms with Gasteiger partial charge in [0, 0.05) is 19.6 Å². The highest BCUT2D eigenvalue weighted by Crippen LogP contribution is 2.19. The minimum atomic E-state index is -3.85. The van der Waals surface area contributed by atoms with Gasteiger partial charge in [0.1, 0.15) is 6.04 Å². The van der Waals surface area contributed by atoms with E-state index in [1.54, 1.807) is 19.1 Å². The lowest BCUT2D eigenvalue weighted by Crippen LogP contribution is -2.52. The Bertz CT molecular complexity index is 1130. The van der Waals surface area contributed by atoms with Gasteiger partial charge in [0.25, 0.3) is 0 Å². The van der Waals surface area contributed by atoms with Crippen molar-refractivity contribution in [1.82, 2.24) is 14.5 Å². The van der Waals surface area contributed by atoms with E-state index in [1.807, 2.05) is 38.1 Å². The monoisotopic (exact) mass is 499 g/mol. The molecule has 1 aliphatic carbocycles. The van der Waals surface area contributed by atoms with Gasteiger partial charge in [0.05, 0.1) is 11.4 Å². The van der Waals surface area contributed by atoms with E-state index in [0.29, 0.717) is 0 Å². The zero-order chi connectivity index (χ0) is 25.6. The summed E-state index contributed by atoms with van der Waals surface area (Å²) in [5.41, 5.74) is 2.89. The molecule has 2 aromatic rings. The van der Waals surface area contributed by atoms with Gasteiger partial charge in [-0.15, -0.1) is 0 Å². The van der Waals surface area contributed by atoms with Crippen LogP contribution in [0, 0.1) is 13.8 Å². The van der Waals surface area contributed by atoms with Gasteiger partial charge in [-0.3, -0.25) is 9.59 Å². The summed E-state index contributed by atoms with van der Waals surface area (Å²) in [6, 6.07) is 13.7. The fraction of sp³-hybridized carbons (Fsp3) is 0.481. The molecule has 1 atom stereocenters. The number of nitrogens with one attached hydrogen (secondary N) is 1. The molecule has 1 aliphatic rings. The summed E-state index contributed by atoms with van der Waals surface area (Å²) in [6.07, 6.45) is 5.26. The average Bonchev–Trinajstić information content (AvgIpc) is 2.83. The van der Waals surface area contributed by atoms with Crippen LogP contribution in [0.4, 0.5) is 0 Å². The third-order valence-corrected chi connectivity index (χ3v) is 8.46. The molecule has 0 spiro atoms. The molecule has 0 bridgehead atoms. The number of sulfonamides is 1. The van der Waals surface area contributed by atoms with Crippen molar-refractivity contribution < 1.29 is 18.0 Å². The first-order valence-corrected chi connectivity index (χ1v) is 13.7. The van der Waals surface area contributed by atoms with Crippen LogP contribution >= 0.6 is 0 Å². The van der Waals surface area contributed by atoms with Gasteiger partial charge in [-0.1, -0.05) is 66.8 Å². The zero-order valence-corrected chi connectivity index (χ0v) is 22.0. The lowest BCUT2D eigenvalue weighted by atomic mass is 9.95. The lowest BCUT2D eigenvalue weighted by Gasteiger charge is -2.32. The van der Waals surface area contributed by atoms with Crippen molar-refractivity contribution in [3.05, 3.63) is 65.2 Å². The molecule has 0 aromatic heterocycles. The fourth-order valence-corrected chi connectivity index (χ4v) is 5.54. The number of carbonyl (C=O) groups excluding carboxylic acids is 2. The maximum Gasteiger partial charge on any atom is 0.243 e. The van der Waals surface area contributed by atoms with Crippen molar-refractivity contribution in [2.45, 2.75) is 76.4 Å². The number of rotatable bonds is 9. The second-order valence-corrected chi connectivity index (χ2v) is 11.6. The quantitative estimate of drug-likeness (QED) is 0.569. The summed E-state index contributed by atoms with van der Waals surface area (Å²) in [5, 5.41) is 3.10. The molecule has 0 aliphatic heterocycles. The number of aryl methyl sites for hydroxylation is 2. The molecule has 0 unspecified atom stereocenters. The molecule has 0 saturated heterocycles. The normalized spacial score (nSPS) is 15.6. The molecule has 8 heteroatoms. The summed E-state index contributed by atoms with van der Waals surface area (Å²) in [4.78, 5) is 28.2. The molecule has 1 saturated carbocycles. The van der Waals surface area contributed by atoms with Crippen LogP contribution in [0.3, 0.4) is 0 Å². The van der Waals surface area contributed by atoms with Crippen molar-refractivity contribution in [2.24, 2.45) is 0 Å². The molecule has 2 amide bonds. The standard InChI is InChI=1S/C27H37N3O4S/c1-20-13-15-25(16-14-20)35(33,34)29(4)19-26(31)30(18-23-10-8-9-21(2)17-23)22(3)27(32)28-24-11-6-5-7-12-24/h8-10,13-17,22,24H,5-7,11-12,18-19H2,1-4H3,(H,28,32)/t22-/m0/s1. The molecule has 2 aromatic carbocycles. The first-order valence-electron chi connectivity index (χ1n) is 12.3. The molecule has 1 fully saturated rings. The van der Waals surface area contributed by atoms with E-state index in [1.165, 1.54) is 30.5 Å². The Morgan fingerprint density at radius 1 is 1.00 bits per heavy atom. The Kier molecular flexibility index (Phi) is 9.08. The Balaban J connectivity index is 1.79. The van der Waals surface area contributed by atoms with Crippen molar-refractivity contribution in [1.29, 1.82) is 0 Å². The number of amides is 2. The fourth-order valence-electron chi connectivity index (χ4n) is 4.42. The van der Waals surface area contributed by atoms with Crippen LogP contribution in [0.1, 0.15) is 55.7 Å². The smallest absolute Gasteiger partial charge is 0.243 e. The summed E-state index contributed by atoms with van der Waals surface area (Å²) >= 11 is 0. The SMILES string of the molecule is Cc1ccc(S(=O)(=O)N(C)CC(=O)N(Cc2cccc(C)c2)[C@@H](C)C(=O)NC2CCCCC2)cc1. The minimum Gasteiger partial charge on any atom is -0.352 e. The Morgan fingerprint density at radius 3 is 2.29 bits per heavy atom. The highest BCUT2D eigenvalue weighted by atomic mass is 32.2. The number of nitrogens with zero attached hydrogens (tertiary/aromatic N) is 2. The Labute approximate surface area is 209 Å². The third-order valence-electron chi connectivity index (χ3n) is 6.64. The third kappa shape index (κ3) is 7.15. The lowest BCUT2D eigenvalue weighted by molar-refractivity contribution is -0.141. The van der Waals surface area contributed by atoms with Crippen LogP contribution in [-0.2, 0) is 26.2 Å². The van der Waals surface area contributed by atoms with E-state index >= 15 is 0 Å². The highest BCUT2D eigenvalue weighted by Gasteiger charge is 2.31. The summed E-state index contributed by atoms with van der Waals surface area (Å²) in [6.45, 7) is 5.42. The topological polar surface area (TPSA) is 86.8 Å². The molecule has 0 radical (unpaired) electrons. The van der Waals surface area contributed by atoms with Crippen molar-refractivity contribution in [3.8, 4) is 0 Å².